The number of benzene rings is 1. The second kappa shape index (κ2) is 9.01. The fourth-order valence-corrected chi connectivity index (χ4v) is 1.39. The largest absolute Gasteiger partial charge is 0.214 e. The molecule has 3 heteroatoms. The maximum absolute atomic E-state index is 9.80. The van der Waals surface area contributed by atoms with Crippen LogP contribution in [0, 0.1) is 0 Å². The number of hydrogen-bond donors (Lipinski definition) is 0. The number of fused-ring (bicyclic) bond motifs is 1. The molecule has 3 aromatic rings. The van der Waals surface area contributed by atoms with Gasteiger partial charge in [-0.15, -0.1) is 29.7 Å². The van der Waals surface area contributed by atoms with Gasteiger partial charge in [0.2, 0.25) is 0 Å². The van der Waals surface area contributed by atoms with E-state index in [-0.39, 0.29) is 0 Å². The average Bonchev–Trinajstić information content (AvgIpc) is 3.05. The Labute approximate surface area is 113 Å². The third-order valence-corrected chi connectivity index (χ3v) is 2.10. The van der Waals surface area contributed by atoms with Gasteiger partial charge in [-0.1, -0.05) is 6.07 Å². The molecule has 0 bridgehead atoms. The summed E-state index contributed by atoms with van der Waals surface area (Å²) < 4.78 is 19.6. The Balaban J connectivity index is 0.000000154. The minimum Gasteiger partial charge on any atom is -0.214 e. The van der Waals surface area contributed by atoms with Crippen molar-refractivity contribution in [1.82, 2.24) is 0 Å². The fraction of sp³-hybridized carbons (Fsp3) is 0. The molecule has 17 heavy (non-hydrogen) atoms. The molecule has 0 nitrogen and oxygen atoms in total. The summed E-state index contributed by atoms with van der Waals surface area (Å²) in [6.45, 7) is 0. The molecular formula is C14H12F2Zr. The second-order valence-electron chi connectivity index (χ2n) is 3.19. The van der Waals surface area contributed by atoms with Crippen LogP contribution in [0.1, 0.15) is 0 Å². The molecule has 0 aliphatic rings. The first-order valence-electron chi connectivity index (χ1n) is 5.12. The molecule has 0 fully saturated rings. The summed E-state index contributed by atoms with van der Waals surface area (Å²) in [4.78, 5) is 0. The molecule has 0 saturated carbocycles. The minimum absolute atomic E-state index is 1.33. The Kier molecular flexibility index (Phi) is 7.41. The van der Waals surface area contributed by atoms with Crippen molar-refractivity contribution in [3.05, 3.63) is 72.8 Å². The standard InChI is InChI=1S/C9H7.C5H5.2FH.Zr/c1-2-5-9-7-3-6-8(9)4-1;1-2-4-5-3-1;;;/h1-7H;1-5H;2*1H;/q2*-1;;;+4/p-2. The first kappa shape index (κ1) is 14.0. The fourth-order valence-electron chi connectivity index (χ4n) is 1.39. The molecule has 0 radical (unpaired) electrons. The van der Waals surface area contributed by atoms with Gasteiger partial charge in [0.15, 0.2) is 0 Å². The number of hydrogen-bond acceptors (Lipinski definition) is 0. The molecule has 0 saturated heterocycles. The van der Waals surface area contributed by atoms with Gasteiger partial charge in [0.25, 0.3) is 0 Å². The molecule has 86 valence electrons. The smallest absolute Gasteiger partial charge is 0.0809 e. The van der Waals surface area contributed by atoms with Gasteiger partial charge in [0, 0.05) is 0 Å². The van der Waals surface area contributed by atoms with Crippen LogP contribution >= 0.6 is 0 Å². The van der Waals surface area contributed by atoms with Crippen molar-refractivity contribution >= 4 is 10.8 Å². The van der Waals surface area contributed by atoms with Gasteiger partial charge in [0.1, 0.15) is 0 Å². The zero-order valence-corrected chi connectivity index (χ0v) is 11.6. The first-order chi connectivity index (χ1) is 8.38. The van der Waals surface area contributed by atoms with Gasteiger partial charge in [-0.3, -0.25) is 0 Å². The van der Waals surface area contributed by atoms with Crippen LogP contribution in [0.15, 0.2) is 72.8 Å². The summed E-state index contributed by atoms with van der Waals surface area (Å²) >= 11 is -2.77. The van der Waals surface area contributed by atoms with Crippen molar-refractivity contribution in [3.8, 4) is 0 Å². The number of halogens is 2. The van der Waals surface area contributed by atoms with Gasteiger partial charge < -0.3 is 0 Å². The average molecular weight is 309 g/mol. The topological polar surface area (TPSA) is 0 Å². The third kappa shape index (κ3) is 5.69. The maximum Gasteiger partial charge on any atom is -0.0809 e. The Morgan fingerprint density at radius 1 is 0.824 bits per heavy atom. The van der Waals surface area contributed by atoms with Crippen molar-refractivity contribution < 1.29 is 29.7 Å². The van der Waals surface area contributed by atoms with Gasteiger partial charge in [0.05, 0.1) is 0 Å². The van der Waals surface area contributed by atoms with Crippen LogP contribution in [0.5, 0.6) is 0 Å². The molecule has 0 heterocycles. The Morgan fingerprint density at radius 3 is 2.00 bits per heavy atom. The SMILES string of the molecule is [F][Zr+2][F].c1cc[cH-]c1.c1ccc2[cH-]ccc2c1. The second-order valence-corrected chi connectivity index (χ2v) is 3.54. The van der Waals surface area contributed by atoms with Crippen molar-refractivity contribution in [3.63, 3.8) is 0 Å². The van der Waals surface area contributed by atoms with Crippen LogP contribution in [0.3, 0.4) is 0 Å². The van der Waals surface area contributed by atoms with Gasteiger partial charge in [-0.25, -0.2) is 12.1 Å². The minimum atomic E-state index is -2.77. The Bertz CT molecular complexity index is 438. The van der Waals surface area contributed by atoms with E-state index in [2.05, 4.69) is 42.5 Å². The zero-order valence-electron chi connectivity index (χ0n) is 9.18. The molecule has 0 atom stereocenters. The summed E-state index contributed by atoms with van der Waals surface area (Å²) in [7, 11) is 0. The molecule has 0 aliphatic carbocycles. The van der Waals surface area contributed by atoms with Gasteiger partial charge >= 0.3 is 29.7 Å². The summed E-state index contributed by atoms with van der Waals surface area (Å²) in [6, 6.07) is 24.7. The van der Waals surface area contributed by atoms with E-state index in [4.69, 9.17) is 0 Å². The normalized spacial score (nSPS) is 8.35. The van der Waals surface area contributed by atoms with Crippen molar-refractivity contribution in [2.45, 2.75) is 0 Å². The van der Waals surface area contributed by atoms with Crippen LogP contribution in [0.25, 0.3) is 10.8 Å². The Morgan fingerprint density at radius 2 is 1.47 bits per heavy atom. The molecule has 0 aliphatic heterocycles. The predicted molar refractivity (Wildman–Crippen MR) is 63.8 cm³/mol. The van der Waals surface area contributed by atoms with E-state index in [1.165, 1.54) is 10.8 Å². The molecule has 3 rings (SSSR count). The van der Waals surface area contributed by atoms with E-state index in [0.717, 1.165) is 0 Å². The van der Waals surface area contributed by atoms with E-state index < -0.39 is 24.5 Å². The molecule has 3 aromatic carbocycles. The van der Waals surface area contributed by atoms with Crippen LogP contribution in [0.2, 0.25) is 0 Å². The molecule has 0 N–H and O–H groups in total. The Hall–Kier alpha value is -1.08. The first-order valence-corrected chi connectivity index (χ1v) is 6.97. The molecule has 0 unspecified atom stereocenters. The zero-order chi connectivity index (χ0) is 12.3. The van der Waals surface area contributed by atoms with Crippen LogP contribution in [-0.4, -0.2) is 0 Å². The van der Waals surface area contributed by atoms with Gasteiger partial charge in [-0.05, 0) is 0 Å². The molecule has 0 aromatic heterocycles. The van der Waals surface area contributed by atoms with E-state index >= 15 is 0 Å². The summed E-state index contributed by atoms with van der Waals surface area (Å²) in [5.74, 6) is 0. The molecular weight excluding hydrogens is 297 g/mol. The predicted octanol–water partition coefficient (Wildman–Crippen LogP) is 4.80. The van der Waals surface area contributed by atoms with Crippen molar-refractivity contribution in [2.75, 3.05) is 0 Å². The maximum atomic E-state index is 9.80. The van der Waals surface area contributed by atoms with Crippen LogP contribution in [0.4, 0.5) is 5.25 Å². The van der Waals surface area contributed by atoms with Crippen LogP contribution < -0.4 is 0 Å². The molecule has 0 amide bonds. The quantitative estimate of drug-likeness (QED) is 0.523. The third-order valence-electron chi connectivity index (χ3n) is 2.10. The van der Waals surface area contributed by atoms with E-state index in [0.29, 0.717) is 0 Å². The monoisotopic (exact) mass is 308 g/mol. The van der Waals surface area contributed by atoms with Gasteiger partial charge in [-0.2, -0.15) is 35.7 Å². The van der Waals surface area contributed by atoms with E-state index in [1.807, 2.05) is 30.3 Å². The number of rotatable bonds is 0. The molecule has 0 spiro atoms. The summed E-state index contributed by atoms with van der Waals surface area (Å²) in [5.41, 5.74) is 0. The van der Waals surface area contributed by atoms with E-state index in [9.17, 15) is 5.25 Å². The summed E-state index contributed by atoms with van der Waals surface area (Å²) in [5, 5.41) is 2.66. The van der Waals surface area contributed by atoms with E-state index in [1.54, 1.807) is 0 Å². The van der Waals surface area contributed by atoms with Crippen molar-refractivity contribution in [1.29, 1.82) is 0 Å². The summed E-state index contributed by atoms with van der Waals surface area (Å²) in [6.07, 6.45) is 0. The van der Waals surface area contributed by atoms with Crippen molar-refractivity contribution in [2.24, 2.45) is 0 Å². The van der Waals surface area contributed by atoms with Crippen LogP contribution in [-0.2, 0) is 24.5 Å².